The molecule has 0 fully saturated rings. The van der Waals surface area contributed by atoms with Crippen molar-refractivity contribution in [2.45, 2.75) is 6.18 Å². The Bertz CT molecular complexity index is 593. The van der Waals surface area contributed by atoms with E-state index in [2.05, 4.69) is 4.98 Å². The molecule has 2 aromatic rings. The predicted molar refractivity (Wildman–Crippen MR) is 53.7 cm³/mol. The van der Waals surface area contributed by atoms with E-state index in [4.69, 9.17) is 5.11 Å². The molecule has 17 heavy (non-hydrogen) atoms. The zero-order chi connectivity index (χ0) is 12.6. The van der Waals surface area contributed by atoms with E-state index in [1.807, 2.05) is 0 Å². The first-order valence-electron chi connectivity index (χ1n) is 4.59. The number of aromatic nitrogens is 1. The average molecular weight is 241 g/mol. The highest BCUT2D eigenvalue weighted by molar-refractivity contribution is 6.02. The molecule has 1 N–H and O–H groups in total. The van der Waals surface area contributed by atoms with Gasteiger partial charge >= 0.3 is 12.1 Å². The molecule has 1 aromatic heterocycles. The molecule has 0 saturated carbocycles. The van der Waals surface area contributed by atoms with Gasteiger partial charge in [-0.05, 0) is 18.2 Å². The molecule has 0 aliphatic rings. The van der Waals surface area contributed by atoms with E-state index in [1.54, 1.807) is 0 Å². The van der Waals surface area contributed by atoms with Gasteiger partial charge in [0.2, 0.25) is 0 Å². The lowest BCUT2D eigenvalue weighted by molar-refractivity contribution is -0.137. The van der Waals surface area contributed by atoms with Gasteiger partial charge in [0.15, 0.2) is 0 Å². The van der Waals surface area contributed by atoms with E-state index < -0.39 is 17.7 Å². The molecular weight excluding hydrogens is 235 g/mol. The molecule has 6 heteroatoms. The SMILES string of the molecule is O=C(O)c1cccc2ncc(C(F)(F)F)cc12. The van der Waals surface area contributed by atoms with Crippen LogP contribution in [0.25, 0.3) is 10.9 Å². The van der Waals surface area contributed by atoms with Crippen molar-refractivity contribution in [2.75, 3.05) is 0 Å². The monoisotopic (exact) mass is 241 g/mol. The third-order valence-corrected chi connectivity index (χ3v) is 2.28. The Kier molecular flexibility index (Phi) is 2.49. The summed E-state index contributed by atoms with van der Waals surface area (Å²) in [5, 5.41) is 8.85. The van der Waals surface area contributed by atoms with Gasteiger partial charge in [-0.2, -0.15) is 13.2 Å². The standard InChI is InChI=1S/C11H6F3NO2/c12-11(13,14)6-4-8-7(10(16)17)2-1-3-9(8)15-5-6/h1-5H,(H,16,17). The van der Waals surface area contributed by atoms with Crippen LogP contribution in [-0.4, -0.2) is 16.1 Å². The number of carboxylic acids is 1. The predicted octanol–water partition coefficient (Wildman–Crippen LogP) is 2.95. The molecule has 0 aliphatic carbocycles. The topological polar surface area (TPSA) is 50.2 Å². The fraction of sp³-hybridized carbons (Fsp3) is 0.0909. The number of aromatic carboxylic acids is 1. The highest BCUT2D eigenvalue weighted by Gasteiger charge is 2.31. The summed E-state index contributed by atoms with van der Waals surface area (Å²) in [5.74, 6) is -1.28. The first-order chi connectivity index (χ1) is 7.89. The highest BCUT2D eigenvalue weighted by atomic mass is 19.4. The Labute approximate surface area is 93.5 Å². The Morgan fingerprint density at radius 2 is 2.00 bits per heavy atom. The second-order valence-electron chi connectivity index (χ2n) is 3.40. The first kappa shape index (κ1) is 11.4. The van der Waals surface area contributed by atoms with Gasteiger partial charge < -0.3 is 5.11 Å². The van der Waals surface area contributed by atoms with Crippen molar-refractivity contribution < 1.29 is 23.1 Å². The zero-order valence-corrected chi connectivity index (χ0v) is 8.32. The van der Waals surface area contributed by atoms with Gasteiger partial charge in [-0.25, -0.2) is 4.79 Å². The molecule has 88 valence electrons. The average Bonchev–Trinajstić information content (AvgIpc) is 2.26. The van der Waals surface area contributed by atoms with E-state index in [-0.39, 0.29) is 16.5 Å². The molecule has 0 bridgehead atoms. The van der Waals surface area contributed by atoms with Crippen LogP contribution in [0.2, 0.25) is 0 Å². The number of carbonyl (C=O) groups is 1. The number of carboxylic acid groups (broad SMARTS) is 1. The summed E-state index contributed by atoms with van der Waals surface area (Å²) in [6.45, 7) is 0. The quantitative estimate of drug-likeness (QED) is 0.835. The number of benzene rings is 1. The van der Waals surface area contributed by atoms with Gasteiger partial charge in [0.05, 0.1) is 16.6 Å². The van der Waals surface area contributed by atoms with Gasteiger partial charge in [0.1, 0.15) is 0 Å². The third kappa shape index (κ3) is 2.06. The van der Waals surface area contributed by atoms with Crippen molar-refractivity contribution in [3.05, 3.63) is 41.6 Å². The number of pyridine rings is 1. The number of halogens is 3. The van der Waals surface area contributed by atoms with Crippen LogP contribution in [0.3, 0.4) is 0 Å². The molecule has 0 spiro atoms. The van der Waals surface area contributed by atoms with Crippen LogP contribution in [0.15, 0.2) is 30.5 Å². The number of alkyl halides is 3. The van der Waals surface area contributed by atoms with Crippen LogP contribution in [0.5, 0.6) is 0 Å². The van der Waals surface area contributed by atoms with Crippen molar-refractivity contribution in [3.63, 3.8) is 0 Å². The van der Waals surface area contributed by atoms with Crippen LogP contribution < -0.4 is 0 Å². The highest BCUT2D eigenvalue weighted by Crippen LogP contribution is 2.31. The van der Waals surface area contributed by atoms with Gasteiger partial charge in [-0.15, -0.1) is 0 Å². The minimum Gasteiger partial charge on any atom is -0.478 e. The molecule has 3 nitrogen and oxygen atoms in total. The lowest BCUT2D eigenvalue weighted by atomic mass is 10.1. The number of rotatable bonds is 1. The maximum absolute atomic E-state index is 12.5. The van der Waals surface area contributed by atoms with Crippen molar-refractivity contribution in [1.29, 1.82) is 0 Å². The number of fused-ring (bicyclic) bond motifs is 1. The van der Waals surface area contributed by atoms with E-state index in [0.717, 1.165) is 6.07 Å². The summed E-state index contributed by atoms with van der Waals surface area (Å²) in [6, 6.07) is 4.94. The van der Waals surface area contributed by atoms with Crippen LogP contribution in [-0.2, 0) is 6.18 Å². The van der Waals surface area contributed by atoms with Crippen LogP contribution >= 0.6 is 0 Å². The van der Waals surface area contributed by atoms with Crippen LogP contribution in [0, 0.1) is 0 Å². The molecular formula is C11H6F3NO2. The third-order valence-electron chi connectivity index (χ3n) is 2.28. The Balaban J connectivity index is 2.75. The Morgan fingerprint density at radius 1 is 1.29 bits per heavy atom. The van der Waals surface area contributed by atoms with E-state index in [0.29, 0.717) is 6.20 Å². The number of hydrogen-bond acceptors (Lipinski definition) is 2. The fourth-order valence-electron chi connectivity index (χ4n) is 1.49. The summed E-state index contributed by atoms with van der Waals surface area (Å²) in [4.78, 5) is 14.5. The summed E-state index contributed by atoms with van der Waals surface area (Å²) in [5.41, 5.74) is -0.933. The molecule has 1 aromatic carbocycles. The zero-order valence-electron chi connectivity index (χ0n) is 8.32. The summed E-state index contributed by atoms with van der Waals surface area (Å²) < 4.78 is 37.4. The second kappa shape index (κ2) is 3.73. The molecule has 0 amide bonds. The van der Waals surface area contributed by atoms with Crippen molar-refractivity contribution in [2.24, 2.45) is 0 Å². The van der Waals surface area contributed by atoms with Gasteiger partial charge in [0.25, 0.3) is 0 Å². The Hall–Kier alpha value is -2.11. The van der Waals surface area contributed by atoms with E-state index >= 15 is 0 Å². The Morgan fingerprint density at radius 3 is 2.59 bits per heavy atom. The summed E-state index contributed by atoms with van der Waals surface area (Å²) in [7, 11) is 0. The first-order valence-corrected chi connectivity index (χ1v) is 4.59. The van der Waals surface area contributed by atoms with Crippen LogP contribution in [0.1, 0.15) is 15.9 Å². The molecule has 0 aliphatic heterocycles. The lowest BCUT2D eigenvalue weighted by Gasteiger charge is -2.08. The van der Waals surface area contributed by atoms with Gasteiger partial charge in [-0.1, -0.05) is 6.07 Å². The molecule has 2 rings (SSSR count). The minimum absolute atomic E-state index is 0.0187. The van der Waals surface area contributed by atoms with E-state index in [9.17, 15) is 18.0 Å². The maximum Gasteiger partial charge on any atom is 0.417 e. The van der Waals surface area contributed by atoms with Crippen molar-refractivity contribution in [3.8, 4) is 0 Å². The summed E-state index contributed by atoms with van der Waals surface area (Å²) in [6.07, 6.45) is -3.85. The van der Waals surface area contributed by atoms with Crippen LogP contribution in [0.4, 0.5) is 13.2 Å². The summed E-state index contributed by atoms with van der Waals surface area (Å²) >= 11 is 0. The second-order valence-corrected chi connectivity index (χ2v) is 3.40. The molecule has 0 radical (unpaired) electrons. The van der Waals surface area contributed by atoms with Crippen molar-refractivity contribution in [1.82, 2.24) is 4.98 Å². The lowest BCUT2D eigenvalue weighted by Crippen LogP contribution is -2.06. The number of hydrogen-bond donors (Lipinski definition) is 1. The van der Waals surface area contributed by atoms with Gasteiger partial charge in [0, 0.05) is 11.6 Å². The smallest absolute Gasteiger partial charge is 0.417 e. The fourth-order valence-corrected chi connectivity index (χ4v) is 1.49. The molecule has 0 saturated heterocycles. The normalized spacial score (nSPS) is 11.7. The molecule has 1 heterocycles. The molecule has 0 unspecified atom stereocenters. The van der Waals surface area contributed by atoms with E-state index in [1.165, 1.54) is 18.2 Å². The largest absolute Gasteiger partial charge is 0.478 e. The number of nitrogens with zero attached hydrogens (tertiary/aromatic N) is 1. The minimum atomic E-state index is -4.53. The van der Waals surface area contributed by atoms with Gasteiger partial charge in [-0.3, -0.25) is 4.98 Å². The maximum atomic E-state index is 12.5. The van der Waals surface area contributed by atoms with Crippen molar-refractivity contribution >= 4 is 16.9 Å². The molecule has 0 atom stereocenters.